The number of anilines is 1. The van der Waals surface area contributed by atoms with Crippen molar-refractivity contribution in [1.82, 2.24) is 0 Å². The summed E-state index contributed by atoms with van der Waals surface area (Å²) in [6, 6.07) is 12.3. The molecule has 1 aromatic heterocycles. The van der Waals surface area contributed by atoms with Crippen LogP contribution in [0, 0.1) is 0 Å². The molecule has 0 saturated heterocycles. The Bertz CT molecular complexity index is 657. The highest BCUT2D eigenvalue weighted by molar-refractivity contribution is 7.21. The highest BCUT2D eigenvalue weighted by atomic mass is 32.1. The third-order valence-corrected chi connectivity index (χ3v) is 3.51. The summed E-state index contributed by atoms with van der Waals surface area (Å²) < 4.78 is 2.68. The molecule has 0 aliphatic rings. The first kappa shape index (κ1) is 8.49. The minimum atomic E-state index is 0.626. The van der Waals surface area contributed by atoms with Crippen LogP contribution in [0.15, 0.2) is 36.4 Å². The first-order valence-electron chi connectivity index (χ1n) is 4.64. The van der Waals surface area contributed by atoms with Crippen LogP contribution < -0.4 is 16.3 Å². The summed E-state index contributed by atoms with van der Waals surface area (Å²) in [7, 11) is 0. The molecular formula is C11H10N3S+. The lowest BCUT2D eigenvalue weighted by atomic mass is 10.1. The Labute approximate surface area is 90.5 Å². The van der Waals surface area contributed by atoms with E-state index < -0.39 is 0 Å². The number of hydrogen-bond acceptors (Lipinski definition) is 3. The Balaban J connectivity index is 2.63. The van der Waals surface area contributed by atoms with Gasteiger partial charge in [-0.05, 0) is 28.9 Å². The normalized spacial score (nSPS) is 11.2. The van der Waals surface area contributed by atoms with Gasteiger partial charge in [0, 0.05) is 5.39 Å². The van der Waals surface area contributed by atoms with Crippen LogP contribution in [0.3, 0.4) is 0 Å². The molecule has 3 nitrogen and oxygen atoms in total. The maximum absolute atomic E-state index is 5.91. The molecule has 3 rings (SSSR count). The second-order valence-electron chi connectivity index (χ2n) is 3.44. The molecule has 0 amide bonds. The molecule has 0 saturated carbocycles. The lowest BCUT2D eigenvalue weighted by Gasteiger charge is -1.97. The zero-order chi connectivity index (χ0) is 10.4. The fraction of sp³-hybridized carbons (Fsp3) is 0. The molecule has 0 radical (unpaired) electrons. The van der Waals surface area contributed by atoms with Crippen LogP contribution in [0.4, 0.5) is 5.13 Å². The number of benzene rings is 2. The van der Waals surface area contributed by atoms with E-state index in [1.807, 2.05) is 12.1 Å². The number of aromatic nitrogens is 1. The van der Waals surface area contributed by atoms with E-state index in [0.717, 1.165) is 15.6 Å². The van der Waals surface area contributed by atoms with Crippen molar-refractivity contribution in [3.63, 3.8) is 0 Å². The van der Waals surface area contributed by atoms with Crippen LogP contribution in [-0.2, 0) is 0 Å². The van der Waals surface area contributed by atoms with Crippen molar-refractivity contribution in [2.75, 3.05) is 11.6 Å². The van der Waals surface area contributed by atoms with E-state index in [1.54, 1.807) is 4.68 Å². The van der Waals surface area contributed by atoms with Crippen molar-refractivity contribution < 1.29 is 4.68 Å². The zero-order valence-electron chi connectivity index (χ0n) is 7.97. The van der Waals surface area contributed by atoms with Gasteiger partial charge in [-0.3, -0.25) is 11.6 Å². The lowest BCUT2D eigenvalue weighted by Crippen LogP contribution is -2.45. The summed E-state index contributed by atoms with van der Waals surface area (Å²) in [5.74, 6) is 5.91. The van der Waals surface area contributed by atoms with Gasteiger partial charge in [-0.1, -0.05) is 24.3 Å². The van der Waals surface area contributed by atoms with Crippen molar-refractivity contribution in [3.05, 3.63) is 36.4 Å². The molecule has 2 aromatic carbocycles. The van der Waals surface area contributed by atoms with Gasteiger partial charge in [-0.25, -0.2) is 0 Å². The number of fused-ring (bicyclic) bond motifs is 3. The Morgan fingerprint density at radius 3 is 2.73 bits per heavy atom. The molecule has 0 aliphatic heterocycles. The maximum atomic E-state index is 5.91. The molecule has 0 fully saturated rings. The van der Waals surface area contributed by atoms with Crippen molar-refractivity contribution in [3.8, 4) is 0 Å². The van der Waals surface area contributed by atoms with Gasteiger partial charge in [-0.15, -0.1) is 4.68 Å². The maximum Gasteiger partial charge on any atom is 0.356 e. The van der Waals surface area contributed by atoms with Crippen LogP contribution >= 0.6 is 11.3 Å². The first-order valence-corrected chi connectivity index (χ1v) is 5.46. The van der Waals surface area contributed by atoms with Gasteiger partial charge in [0.2, 0.25) is 0 Å². The Morgan fingerprint density at radius 1 is 1.07 bits per heavy atom. The molecule has 1 heterocycles. The quantitative estimate of drug-likeness (QED) is 0.443. The van der Waals surface area contributed by atoms with E-state index in [2.05, 4.69) is 24.3 Å². The van der Waals surface area contributed by atoms with Crippen molar-refractivity contribution in [2.45, 2.75) is 0 Å². The number of nitrogen functional groups attached to an aromatic ring is 2. The van der Waals surface area contributed by atoms with E-state index in [4.69, 9.17) is 11.6 Å². The smallest absolute Gasteiger partial charge is 0.276 e. The lowest BCUT2D eigenvalue weighted by molar-refractivity contribution is -0.591. The number of hydrogen-bond donors (Lipinski definition) is 2. The largest absolute Gasteiger partial charge is 0.356 e. The fourth-order valence-corrected chi connectivity index (χ4v) is 2.69. The Kier molecular flexibility index (Phi) is 1.61. The summed E-state index contributed by atoms with van der Waals surface area (Å²) in [5.41, 5.74) is 6.81. The molecule has 0 spiro atoms. The van der Waals surface area contributed by atoms with Gasteiger partial charge < -0.3 is 0 Å². The molecule has 0 bridgehead atoms. The number of rotatable bonds is 0. The van der Waals surface area contributed by atoms with Crippen LogP contribution in [0.2, 0.25) is 0 Å². The summed E-state index contributed by atoms with van der Waals surface area (Å²) in [4.78, 5) is 0. The van der Waals surface area contributed by atoms with Crippen LogP contribution in [-0.4, -0.2) is 0 Å². The predicted molar refractivity (Wildman–Crippen MR) is 64.1 cm³/mol. The highest BCUT2D eigenvalue weighted by Crippen LogP contribution is 2.27. The second kappa shape index (κ2) is 2.84. The third-order valence-electron chi connectivity index (χ3n) is 2.56. The fourth-order valence-electron chi connectivity index (χ4n) is 1.84. The molecule has 15 heavy (non-hydrogen) atoms. The molecule has 3 aromatic rings. The van der Waals surface area contributed by atoms with Crippen LogP contribution in [0.1, 0.15) is 0 Å². The summed E-state index contributed by atoms with van der Waals surface area (Å²) in [6.07, 6.45) is 0. The van der Waals surface area contributed by atoms with Gasteiger partial charge in [-0.2, -0.15) is 0 Å². The van der Waals surface area contributed by atoms with E-state index in [9.17, 15) is 0 Å². The molecule has 0 aliphatic carbocycles. The third kappa shape index (κ3) is 1.08. The van der Waals surface area contributed by atoms with E-state index in [-0.39, 0.29) is 0 Å². The zero-order valence-corrected chi connectivity index (χ0v) is 8.79. The van der Waals surface area contributed by atoms with Crippen molar-refractivity contribution in [1.29, 1.82) is 0 Å². The molecule has 0 unspecified atom stereocenters. The Morgan fingerprint density at radius 2 is 1.87 bits per heavy atom. The van der Waals surface area contributed by atoms with E-state index >= 15 is 0 Å². The van der Waals surface area contributed by atoms with Gasteiger partial charge in [0.05, 0.1) is 4.70 Å². The number of nitrogens with zero attached hydrogens (tertiary/aromatic N) is 1. The molecule has 74 valence electrons. The Hall–Kier alpha value is -1.81. The monoisotopic (exact) mass is 216 g/mol. The van der Waals surface area contributed by atoms with Crippen LogP contribution in [0.5, 0.6) is 0 Å². The van der Waals surface area contributed by atoms with Gasteiger partial charge in [0.25, 0.3) is 0 Å². The average molecular weight is 216 g/mol. The highest BCUT2D eigenvalue weighted by Gasteiger charge is 2.14. The molecular weight excluding hydrogens is 206 g/mol. The number of nitrogens with two attached hydrogens (primary N) is 2. The SMILES string of the molecule is Nc1sc2ccc3ccccc3c2[n+]1N. The van der Waals surface area contributed by atoms with Gasteiger partial charge in [0.15, 0.2) is 5.52 Å². The molecule has 4 N–H and O–H groups in total. The van der Waals surface area contributed by atoms with Crippen molar-refractivity contribution >= 4 is 37.5 Å². The summed E-state index contributed by atoms with van der Waals surface area (Å²) in [5, 5.41) is 2.95. The van der Waals surface area contributed by atoms with Gasteiger partial charge in [0.1, 0.15) is 0 Å². The average Bonchev–Trinajstić information content (AvgIpc) is 2.55. The molecule has 4 heteroatoms. The predicted octanol–water partition coefficient (Wildman–Crippen LogP) is 1.64. The second-order valence-corrected chi connectivity index (χ2v) is 4.51. The van der Waals surface area contributed by atoms with Crippen LogP contribution in [0.25, 0.3) is 21.0 Å². The number of thiazole rings is 1. The summed E-state index contributed by atoms with van der Waals surface area (Å²) >= 11 is 1.51. The summed E-state index contributed by atoms with van der Waals surface area (Å²) in [6.45, 7) is 0. The first-order chi connectivity index (χ1) is 7.27. The standard InChI is InChI=1S/C11H9N3S/c12-11-14(13)10-8-4-2-1-3-7(8)5-6-9(10)15-11/h1-6,12H,13H2/p+1. The molecule has 0 atom stereocenters. The topological polar surface area (TPSA) is 55.9 Å². The van der Waals surface area contributed by atoms with Gasteiger partial charge >= 0.3 is 5.13 Å². The van der Waals surface area contributed by atoms with E-state index in [0.29, 0.717) is 5.13 Å². The van der Waals surface area contributed by atoms with E-state index in [1.165, 1.54) is 16.7 Å². The minimum Gasteiger partial charge on any atom is -0.276 e. The van der Waals surface area contributed by atoms with Crippen molar-refractivity contribution in [2.24, 2.45) is 0 Å². The minimum absolute atomic E-state index is 0.626.